The molecule has 0 saturated carbocycles. The standard InChI is InChI=1S/C19H17F3N2O2/c1-23-16(10-17(25)19(20,21)22)12-7-8-15-13(9-12)11-24(18(15)26)14-5-3-2-4-6-14/h2-10,16,23,25H,11H2,1H3/b17-10-. The molecule has 0 aromatic heterocycles. The van der Waals surface area contributed by atoms with E-state index in [-0.39, 0.29) is 5.91 Å². The highest BCUT2D eigenvalue weighted by Crippen LogP contribution is 2.31. The lowest BCUT2D eigenvalue weighted by molar-refractivity contribution is -0.121. The third kappa shape index (κ3) is 3.43. The largest absolute Gasteiger partial charge is 0.504 e. The van der Waals surface area contributed by atoms with Crippen molar-refractivity contribution >= 4 is 11.6 Å². The Morgan fingerprint density at radius 1 is 1.23 bits per heavy atom. The van der Waals surface area contributed by atoms with Crippen LogP contribution in [0.3, 0.4) is 0 Å². The summed E-state index contributed by atoms with van der Waals surface area (Å²) >= 11 is 0. The summed E-state index contributed by atoms with van der Waals surface area (Å²) in [7, 11) is 1.50. The Morgan fingerprint density at radius 3 is 2.54 bits per heavy atom. The van der Waals surface area contributed by atoms with Crippen molar-refractivity contribution < 1.29 is 23.1 Å². The zero-order valence-corrected chi connectivity index (χ0v) is 13.9. The molecule has 1 atom stereocenters. The molecule has 0 aliphatic carbocycles. The van der Waals surface area contributed by atoms with Gasteiger partial charge in [0, 0.05) is 11.3 Å². The first kappa shape index (κ1) is 18.0. The third-order valence-electron chi connectivity index (χ3n) is 4.29. The van der Waals surface area contributed by atoms with Crippen LogP contribution in [0.2, 0.25) is 0 Å². The van der Waals surface area contributed by atoms with E-state index < -0.39 is 18.0 Å². The summed E-state index contributed by atoms with van der Waals surface area (Å²) in [5.41, 5.74) is 2.55. The minimum absolute atomic E-state index is 0.146. The van der Waals surface area contributed by atoms with Gasteiger partial charge in [0.15, 0.2) is 5.76 Å². The maximum absolute atomic E-state index is 12.6. The van der Waals surface area contributed by atoms with Crippen molar-refractivity contribution in [2.75, 3.05) is 11.9 Å². The fraction of sp³-hybridized carbons (Fsp3) is 0.211. The van der Waals surface area contributed by atoms with Gasteiger partial charge in [-0.05, 0) is 42.4 Å². The number of fused-ring (bicyclic) bond motifs is 1. The zero-order valence-electron chi connectivity index (χ0n) is 13.9. The van der Waals surface area contributed by atoms with Gasteiger partial charge in [-0.25, -0.2) is 0 Å². The lowest BCUT2D eigenvalue weighted by Gasteiger charge is -2.15. The topological polar surface area (TPSA) is 52.6 Å². The van der Waals surface area contributed by atoms with Gasteiger partial charge in [0.25, 0.3) is 5.91 Å². The Morgan fingerprint density at radius 2 is 1.92 bits per heavy atom. The summed E-state index contributed by atoms with van der Waals surface area (Å²) in [5, 5.41) is 11.9. The number of nitrogens with one attached hydrogen (secondary N) is 1. The average Bonchev–Trinajstić information content (AvgIpc) is 2.95. The molecule has 1 unspecified atom stereocenters. The lowest BCUT2D eigenvalue weighted by Crippen LogP contribution is -2.22. The van der Waals surface area contributed by atoms with Gasteiger partial charge in [0.1, 0.15) is 0 Å². The molecular weight excluding hydrogens is 345 g/mol. The van der Waals surface area contributed by atoms with E-state index in [0.29, 0.717) is 23.7 Å². The van der Waals surface area contributed by atoms with Gasteiger partial charge in [-0.2, -0.15) is 13.2 Å². The van der Waals surface area contributed by atoms with Crippen LogP contribution in [0, 0.1) is 0 Å². The molecule has 3 rings (SSSR count). The lowest BCUT2D eigenvalue weighted by atomic mass is 10.0. The Labute approximate surface area is 148 Å². The Hall–Kier alpha value is -2.80. The number of amides is 1. The Balaban J connectivity index is 1.90. The minimum Gasteiger partial charge on any atom is -0.504 e. The number of carbonyl (C=O) groups excluding carboxylic acids is 1. The van der Waals surface area contributed by atoms with Crippen LogP contribution >= 0.6 is 0 Å². The van der Waals surface area contributed by atoms with Crippen LogP contribution in [0.5, 0.6) is 0 Å². The van der Waals surface area contributed by atoms with E-state index in [2.05, 4.69) is 5.32 Å². The summed E-state index contributed by atoms with van der Waals surface area (Å²) in [5.74, 6) is -1.80. The van der Waals surface area contributed by atoms with Gasteiger partial charge in [0.05, 0.1) is 12.6 Å². The van der Waals surface area contributed by atoms with Gasteiger partial charge in [-0.1, -0.05) is 30.3 Å². The van der Waals surface area contributed by atoms with Gasteiger partial charge in [0.2, 0.25) is 0 Å². The number of benzene rings is 2. The van der Waals surface area contributed by atoms with Crippen LogP contribution in [0.4, 0.5) is 18.9 Å². The van der Waals surface area contributed by atoms with Gasteiger partial charge in [-0.15, -0.1) is 0 Å². The summed E-state index contributed by atoms with van der Waals surface area (Å²) < 4.78 is 37.7. The highest BCUT2D eigenvalue weighted by atomic mass is 19.4. The summed E-state index contributed by atoms with van der Waals surface area (Å²) in [6, 6.07) is 13.2. The second kappa shape index (κ2) is 6.84. The number of aliphatic hydroxyl groups is 1. The molecule has 1 aliphatic rings. The SMILES string of the molecule is CNC(/C=C(\O)C(F)(F)F)c1ccc2c(c1)CN(c1ccccc1)C2=O. The second-order valence-corrected chi connectivity index (χ2v) is 5.96. The number of alkyl halides is 3. The number of para-hydroxylation sites is 1. The second-order valence-electron chi connectivity index (χ2n) is 5.96. The van der Waals surface area contributed by atoms with Crippen molar-refractivity contribution in [3.63, 3.8) is 0 Å². The van der Waals surface area contributed by atoms with E-state index >= 15 is 0 Å². The zero-order chi connectivity index (χ0) is 18.9. The number of nitrogens with zero attached hydrogens (tertiary/aromatic N) is 1. The fourth-order valence-corrected chi connectivity index (χ4v) is 2.95. The molecule has 2 aromatic rings. The molecule has 2 aromatic carbocycles. The highest BCUT2D eigenvalue weighted by Gasteiger charge is 2.35. The molecule has 0 radical (unpaired) electrons. The van der Waals surface area contributed by atoms with E-state index in [1.54, 1.807) is 23.1 Å². The first-order valence-electron chi connectivity index (χ1n) is 7.96. The summed E-state index contributed by atoms with van der Waals surface area (Å²) in [6.45, 7) is 0.345. The van der Waals surface area contributed by atoms with E-state index in [1.807, 2.05) is 30.3 Å². The monoisotopic (exact) mass is 362 g/mol. The molecule has 1 aliphatic heterocycles. The van der Waals surface area contributed by atoms with Gasteiger partial charge < -0.3 is 15.3 Å². The molecule has 0 fully saturated rings. The molecule has 4 nitrogen and oxygen atoms in total. The van der Waals surface area contributed by atoms with Crippen LogP contribution in [0.15, 0.2) is 60.4 Å². The predicted octanol–water partition coefficient (Wildman–Crippen LogP) is 4.11. The molecule has 26 heavy (non-hydrogen) atoms. The van der Waals surface area contributed by atoms with Crippen molar-refractivity contribution in [3.05, 3.63) is 77.1 Å². The summed E-state index contributed by atoms with van der Waals surface area (Å²) in [6.07, 6.45) is -4.08. The number of carbonyl (C=O) groups is 1. The molecular formula is C19H17F3N2O2. The van der Waals surface area contributed by atoms with Gasteiger partial charge in [-0.3, -0.25) is 4.79 Å². The van der Waals surface area contributed by atoms with Crippen LogP contribution in [0.25, 0.3) is 0 Å². The van der Waals surface area contributed by atoms with E-state index in [1.165, 1.54) is 7.05 Å². The number of rotatable bonds is 4. The number of aliphatic hydroxyl groups excluding tert-OH is 1. The number of hydrogen-bond acceptors (Lipinski definition) is 3. The third-order valence-corrected chi connectivity index (χ3v) is 4.29. The fourth-order valence-electron chi connectivity index (χ4n) is 2.95. The maximum atomic E-state index is 12.6. The smallest absolute Gasteiger partial charge is 0.448 e. The van der Waals surface area contributed by atoms with Gasteiger partial charge >= 0.3 is 6.18 Å². The number of hydrogen-bond donors (Lipinski definition) is 2. The Kier molecular flexibility index (Phi) is 4.73. The molecule has 7 heteroatoms. The first-order chi connectivity index (χ1) is 12.3. The number of allylic oxidation sites excluding steroid dienone is 1. The molecule has 1 heterocycles. The van der Waals surface area contributed by atoms with E-state index in [4.69, 9.17) is 0 Å². The molecule has 136 valence electrons. The first-order valence-corrected chi connectivity index (χ1v) is 7.96. The predicted molar refractivity (Wildman–Crippen MR) is 92.0 cm³/mol. The van der Waals surface area contributed by atoms with Crippen LogP contribution in [0.1, 0.15) is 27.5 Å². The molecule has 1 amide bonds. The van der Waals surface area contributed by atoms with Crippen molar-refractivity contribution in [1.29, 1.82) is 0 Å². The number of halogens is 3. The number of anilines is 1. The molecule has 0 saturated heterocycles. The quantitative estimate of drug-likeness (QED) is 0.805. The van der Waals surface area contributed by atoms with E-state index in [0.717, 1.165) is 11.3 Å². The Bertz CT molecular complexity index is 848. The molecule has 0 bridgehead atoms. The van der Waals surface area contributed by atoms with Crippen molar-refractivity contribution in [1.82, 2.24) is 5.32 Å². The van der Waals surface area contributed by atoms with Crippen molar-refractivity contribution in [3.8, 4) is 0 Å². The van der Waals surface area contributed by atoms with Crippen LogP contribution in [-0.2, 0) is 6.54 Å². The normalized spacial score (nSPS) is 15.9. The molecule has 2 N–H and O–H groups in total. The van der Waals surface area contributed by atoms with Crippen LogP contribution < -0.4 is 10.2 Å². The average molecular weight is 362 g/mol. The minimum atomic E-state index is -4.80. The molecule has 0 spiro atoms. The summed E-state index contributed by atoms with van der Waals surface area (Å²) in [4.78, 5) is 14.2. The van der Waals surface area contributed by atoms with Crippen molar-refractivity contribution in [2.45, 2.75) is 18.8 Å². The maximum Gasteiger partial charge on any atom is 0.448 e. The van der Waals surface area contributed by atoms with Crippen molar-refractivity contribution in [2.24, 2.45) is 0 Å². The number of likely N-dealkylation sites (N-methyl/N-ethyl adjacent to an activating group) is 1. The highest BCUT2D eigenvalue weighted by molar-refractivity contribution is 6.10. The van der Waals surface area contributed by atoms with Crippen LogP contribution in [-0.4, -0.2) is 24.2 Å². The van der Waals surface area contributed by atoms with E-state index in [9.17, 15) is 23.1 Å².